The second kappa shape index (κ2) is 5.40. The highest BCUT2D eigenvalue weighted by molar-refractivity contribution is 6.35. The molecule has 18 heavy (non-hydrogen) atoms. The number of halogens is 2. The third kappa shape index (κ3) is 2.64. The number of hydrazine groups is 1. The summed E-state index contributed by atoms with van der Waals surface area (Å²) in [5.41, 5.74) is 4.08. The molecule has 0 spiro atoms. The third-order valence-electron chi connectivity index (χ3n) is 2.49. The molecule has 0 saturated carbocycles. The Hall–Kier alpha value is -1.55. The molecule has 0 saturated heterocycles. The third-order valence-corrected chi connectivity index (χ3v) is 3.05. The first-order valence-electron chi connectivity index (χ1n) is 5.18. The highest BCUT2D eigenvalue weighted by atomic mass is 35.5. The lowest BCUT2D eigenvalue weighted by Crippen LogP contribution is -2.08. The van der Waals surface area contributed by atoms with E-state index in [0.717, 1.165) is 0 Å². The summed E-state index contributed by atoms with van der Waals surface area (Å²) in [7, 11) is 0. The van der Waals surface area contributed by atoms with Crippen LogP contribution in [0.1, 0.15) is 15.9 Å². The summed E-state index contributed by atoms with van der Waals surface area (Å²) in [6.45, 7) is 0. The average Bonchev–Trinajstić information content (AvgIpc) is 2.38. The molecule has 2 rings (SSSR count). The SMILES string of the molecule is NNc1ccc(C(=O)c2ccc(Cl)cc2)c(Cl)c1. The topological polar surface area (TPSA) is 55.1 Å². The summed E-state index contributed by atoms with van der Waals surface area (Å²) < 4.78 is 0. The largest absolute Gasteiger partial charge is 0.324 e. The molecule has 0 heterocycles. The molecule has 92 valence electrons. The number of nitrogens with one attached hydrogen (secondary N) is 1. The molecule has 3 N–H and O–H groups in total. The predicted octanol–water partition coefficient (Wildman–Crippen LogP) is 3.51. The van der Waals surface area contributed by atoms with E-state index in [9.17, 15) is 4.79 Å². The standard InChI is InChI=1S/C13H10Cl2N2O/c14-9-3-1-8(2-4-9)13(18)11-6-5-10(17-16)7-12(11)15/h1-7,17H,16H2. The molecule has 0 unspecified atom stereocenters. The van der Waals surface area contributed by atoms with Crippen LogP contribution >= 0.6 is 23.2 Å². The predicted molar refractivity (Wildman–Crippen MR) is 74.1 cm³/mol. The first-order chi connectivity index (χ1) is 8.61. The minimum atomic E-state index is -0.153. The van der Waals surface area contributed by atoms with Gasteiger partial charge in [0, 0.05) is 21.8 Å². The van der Waals surface area contributed by atoms with Crippen LogP contribution in [-0.4, -0.2) is 5.78 Å². The van der Waals surface area contributed by atoms with Gasteiger partial charge in [0.05, 0.1) is 5.02 Å². The van der Waals surface area contributed by atoms with Crippen LogP contribution in [0.2, 0.25) is 10.0 Å². The van der Waals surface area contributed by atoms with Crippen LogP contribution in [0, 0.1) is 0 Å². The second-order valence-corrected chi connectivity index (χ2v) is 4.52. The molecule has 0 amide bonds. The molecule has 0 aliphatic heterocycles. The highest BCUT2D eigenvalue weighted by Gasteiger charge is 2.13. The Morgan fingerprint density at radius 2 is 1.72 bits per heavy atom. The van der Waals surface area contributed by atoms with E-state index in [1.165, 1.54) is 0 Å². The van der Waals surface area contributed by atoms with Crippen LogP contribution in [-0.2, 0) is 0 Å². The van der Waals surface area contributed by atoms with Crippen molar-refractivity contribution in [3.8, 4) is 0 Å². The van der Waals surface area contributed by atoms with Gasteiger partial charge in [-0.1, -0.05) is 23.2 Å². The number of anilines is 1. The Bertz CT molecular complexity index is 582. The average molecular weight is 281 g/mol. The first-order valence-corrected chi connectivity index (χ1v) is 5.94. The lowest BCUT2D eigenvalue weighted by atomic mass is 10.0. The number of benzene rings is 2. The maximum absolute atomic E-state index is 12.2. The van der Waals surface area contributed by atoms with Gasteiger partial charge in [-0.3, -0.25) is 10.6 Å². The van der Waals surface area contributed by atoms with Crippen molar-refractivity contribution in [1.82, 2.24) is 0 Å². The van der Waals surface area contributed by atoms with Crippen molar-refractivity contribution in [3.63, 3.8) is 0 Å². The molecule has 0 aliphatic rings. The number of nitrogen functional groups attached to an aromatic ring is 1. The van der Waals surface area contributed by atoms with E-state index in [1.807, 2.05) is 0 Å². The molecule has 5 heteroatoms. The van der Waals surface area contributed by atoms with Crippen LogP contribution < -0.4 is 11.3 Å². The van der Waals surface area contributed by atoms with E-state index in [4.69, 9.17) is 29.0 Å². The van der Waals surface area contributed by atoms with Crippen molar-refractivity contribution in [2.45, 2.75) is 0 Å². The van der Waals surface area contributed by atoms with Crippen molar-refractivity contribution < 1.29 is 4.79 Å². The van der Waals surface area contributed by atoms with E-state index in [-0.39, 0.29) is 5.78 Å². The Labute approximate surface area is 114 Å². The molecule has 0 fully saturated rings. The minimum absolute atomic E-state index is 0.153. The summed E-state index contributed by atoms with van der Waals surface area (Å²) in [6.07, 6.45) is 0. The smallest absolute Gasteiger partial charge is 0.194 e. The fourth-order valence-corrected chi connectivity index (χ4v) is 1.94. The molecule has 0 aliphatic carbocycles. The van der Waals surface area contributed by atoms with Crippen LogP contribution in [0.4, 0.5) is 5.69 Å². The van der Waals surface area contributed by atoms with Gasteiger partial charge in [-0.05, 0) is 42.5 Å². The molecule has 2 aromatic carbocycles. The van der Waals surface area contributed by atoms with Crippen LogP contribution in [0.25, 0.3) is 0 Å². The summed E-state index contributed by atoms with van der Waals surface area (Å²) >= 11 is 11.8. The number of nitrogens with two attached hydrogens (primary N) is 1. The fraction of sp³-hybridized carbons (Fsp3) is 0. The number of carbonyl (C=O) groups is 1. The molecular weight excluding hydrogens is 271 g/mol. The number of hydrogen-bond donors (Lipinski definition) is 2. The monoisotopic (exact) mass is 280 g/mol. The lowest BCUT2D eigenvalue weighted by molar-refractivity contribution is 0.103. The molecule has 0 atom stereocenters. The van der Waals surface area contributed by atoms with Crippen molar-refractivity contribution in [2.75, 3.05) is 5.43 Å². The molecule has 3 nitrogen and oxygen atoms in total. The first kappa shape index (κ1) is 12.9. The molecule has 2 aromatic rings. The van der Waals surface area contributed by atoms with Gasteiger partial charge < -0.3 is 5.43 Å². The summed E-state index contributed by atoms with van der Waals surface area (Å²) in [4.78, 5) is 12.2. The maximum atomic E-state index is 12.2. The van der Waals surface area contributed by atoms with Gasteiger partial charge in [-0.15, -0.1) is 0 Å². The lowest BCUT2D eigenvalue weighted by Gasteiger charge is -2.06. The zero-order chi connectivity index (χ0) is 13.1. The second-order valence-electron chi connectivity index (χ2n) is 3.67. The van der Waals surface area contributed by atoms with Gasteiger partial charge in [0.1, 0.15) is 0 Å². The molecule has 0 bridgehead atoms. The van der Waals surface area contributed by atoms with E-state index < -0.39 is 0 Å². The summed E-state index contributed by atoms with van der Waals surface area (Å²) in [5.74, 6) is 5.11. The Morgan fingerprint density at radius 1 is 1.06 bits per heavy atom. The van der Waals surface area contributed by atoms with E-state index in [1.54, 1.807) is 42.5 Å². The molecule has 0 radical (unpaired) electrons. The van der Waals surface area contributed by atoms with Gasteiger partial charge in [0.15, 0.2) is 5.78 Å². The molecular formula is C13H10Cl2N2O. The number of carbonyl (C=O) groups excluding carboxylic acids is 1. The van der Waals surface area contributed by atoms with E-state index in [0.29, 0.717) is 26.9 Å². The van der Waals surface area contributed by atoms with Gasteiger partial charge in [0.25, 0.3) is 0 Å². The summed E-state index contributed by atoms with van der Waals surface area (Å²) in [5, 5.41) is 0.936. The van der Waals surface area contributed by atoms with E-state index in [2.05, 4.69) is 5.43 Å². The number of ketones is 1. The number of hydrogen-bond acceptors (Lipinski definition) is 3. The Kier molecular flexibility index (Phi) is 3.87. The van der Waals surface area contributed by atoms with E-state index >= 15 is 0 Å². The molecule has 0 aromatic heterocycles. The quantitative estimate of drug-likeness (QED) is 0.514. The normalized spacial score (nSPS) is 10.2. The summed E-state index contributed by atoms with van der Waals surface area (Å²) in [6, 6.07) is 11.6. The van der Waals surface area contributed by atoms with Crippen LogP contribution in [0.5, 0.6) is 0 Å². The van der Waals surface area contributed by atoms with Crippen LogP contribution in [0.15, 0.2) is 42.5 Å². The van der Waals surface area contributed by atoms with Crippen molar-refractivity contribution >= 4 is 34.7 Å². The van der Waals surface area contributed by atoms with Crippen molar-refractivity contribution in [1.29, 1.82) is 0 Å². The zero-order valence-electron chi connectivity index (χ0n) is 9.28. The van der Waals surface area contributed by atoms with Gasteiger partial charge in [-0.2, -0.15) is 0 Å². The maximum Gasteiger partial charge on any atom is 0.194 e. The van der Waals surface area contributed by atoms with Gasteiger partial charge in [0.2, 0.25) is 0 Å². The zero-order valence-corrected chi connectivity index (χ0v) is 10.8. The number of rotatable bonds is 3. The Balaban J connectivity index is 2.37. The van der Waals surface area contributed by atoms with Crippen LogP contribution in [0.3, 0.4) is 0 Å². The highest BCUT2D eigenvalue weighted by Crippen LogP contribution is 2.23. The van der Waals surface area contributed by atoms with Crippen molar-refractivity contribution in [2.24, 2.45) is 5.84 Å². The van der Waals surface area contributed by atoms with Gasteiger partial charge >= 0.3 is 0 Å². The van der Waals surface area contributed by atoms with Gasteiger partial charge in [-0.25, -0.2) is 0 Å². The van der Waals surface area contributed by atoms with Crippen molar-refractivity contribution in [3.05, 3.63) is 63.6 Å². The Morgan fingerprint density at radius 3 is 2.28 bits per heavy atom. The fourth-order valence-electron chi connectivity index (χ4n) is 1.55. The minimum Gasteiger partial charge on any atom is -0.324 e.